The van der Waals surface area contributed by atoms with Gasteiger partial charge in [0, 0.05) is 6.04 Å². The SMILES string of the molecule is CCOc1ccc(OCC(=O)OCC(=O)NC(=O)N[C@H](C)CC)cc1. The monoisotopic (exact) mass is 352 g/mol. The van der Waals surface area contributed by atoms with Crippen molar-refractivity contribution in [2.45, 2.75) is 33.2 Å². The Kier molecular flexibility index (Phi) is 8.84. The predicted molar refractivity (Wildman–Crippen MR) is 90.5 cm³/mol. The highest BCUT2D eigenvalue weighted by Gasteiger charge is 2.12. The summed E-state index contributed by atoms with van der Waals surface area (Å²) in [5.74, 6) is -0.260. The van der Waals surface area contributed by atoms with Crippen molar-refractivity contribution < 1.29 is 28.6 Å². The van der Waals surface area contributed by atoms with Crippen molar-refractivity contribution in [3.05, 3.63) is 24.3 Å². The second-order valence-corrected chi connectivity index (χ2v) is 5.18. The lowest BCUT2D eigenvalue weighted by Gasteiger charge is -2.12. The van der Waals surface area contributed by atoms with Gasteiger partial charge in [0.25, 0.3) is 5.91 Å². The number of carbonyl (C=O) groups is 3. The van der Waals surface area contributed by atoms with Crippen LogP contribution in [0.5, 0.6) is 11.5 Å². The van der Waals surface area contributed by atoms with E-state index >= 15 is 0 Å². The Morgan fingerprint density at radius 2 is 1.60 bits per heavy atom. The van der Waals surface area contributed by atoms with Gasteiger partial charge < -0.3 is 19.5 Å². The molecule has 0 unspecified atom stereocenters. The fourth-order valence-corrected chi connectivity index (χ4v) is 1.65. The zero-order valence-electron chi connectivity index (χ0n) is 14.7. The van der Waals surface area contributed by atoms with Gasteiger partial charge in [0.15, 0.2) is 13.2 Å². The number of urea groups is 1. The summed E-state index contributed by atoms with van der Waals surface area (Å²) in [5.41, 5.74) is 0. The van der Waals surface area contributed by atoms with Crippen molar-refractivity contribution in [3.8, 4) is 11.5 Å². The maximum absolute atomic E-state index is 11.5. The van der Waals surface area contributed by atoms with Gasteiger partial charge in [-0.05, 0) is 44.5 Å². The molecule has 1 rings (SSSR count). The van der Waals surface area contributed by atoms with Crippen LogP contribution in [0.4, 0.5) is 4.79 Å². The van der Waals surface area contributed by atoms with E-state index in [2.05, 4.69) is 10.6 Å². The summed E-state index contributed by atoms with van der Waals surface area (Å²) < 4.78 is 15.3. The molecule has 1 aromatic carbocycles. The lowest BCUT2D eigenvalue weighted by atomic mass is 10.3. The number of carbonyl (C=O) groups excluding carboxylic acids is 3. The molecule has 0 aliphatic carbocycles. The molecule has 0 fully saturated rings. The maximum Gasteiger partial charge on any atom is 0.344 e. The van der Waals surface area contributed by atoms with Crippen LogP contribution >= 0.6 is 0 Å². The first-order valence-electron chi connectivity index (χ1n) is 8.06. The Morgan fingerprint density at radius 1 is 1.00 bits per heavy atom. The molecule has 0 saturated heterocycles. The van der Waals surface area contributed by atoms with E-state index in [1.54, 1.807) is 24.3 Å². The van der Waals surface area contributed by atoms with Gasteiger partial charge in [0.1, 0.15) is 11.5 Å². The van der Waals surface area contributed by atoms with E-state index in [1.807, 2.05) is 20.8 Å². The molecular formula is C17H24N2O6. The number of benzene rings is 1. The summed E-state index contributed by atoms with van der Waals surface area (Å²) >= 11 is 0. The van der Waals surface area contributed by atoms with Gasteiger partial charge in [-0.1, -0.05) is 6.92 Å². The summed E-state index contributed by atoms with van der Waals surface area (Å²) in [5, 5.41) is 4.63. The Balaban J connectivity index is 2.25. The molecular weight excluding hydrogens is 328 g/mol. The first-order chi connectivity index (χ1) is 11.9. The van der Waals surface area contributed by atoms with E-state index in [0.29, 0.717) is 18.1 Å². The van der Waals surface area contributed by atoms with Gasteiger partial charge in [-0.2, -0.15) is 0 Å². The van der Waals surface area contributed by atoms with Crippen molar-refractivity contribution in [1.82, 2.24) is 10.6 Å². The third kappa shape index (κ3) is 8.59. The molecule has 0 spiro atoms. The Labute approximate surface area is 146 Å². The van der Waals surface area contributed by atoms with Gasteiger partial charge in [-0.15, -0.1) is 0 Å². The van der Waals surface area contributed by atoms with Crippen LogP contribution < -0.4 is 20.1 Å². The smallest absolute Gasteiger partial charge is 0.344 e. The molecule has 0 aromatic heterocycles. The summed E-state index contributed by atoms with van der Waals surface area (Å²) in [6.07, 6.45) is 0.736. The second-order valence-electron chi connectivity index (χ2n) is 5.18. The number of rotatable bonds is 9. The second kappa shape index (κ2) is 10.9. The minimum absolute atomic E-state index is 0.0575. The number of ether oxygens (including phenoxy) is 3. The van der Waals surface area contributed by atoms with E-state index in [4.69, 9.17) is 14.2 Å². The molecule has 1 aromatic rings. The molecule has 1 atom stereocenters. The molecule has 0 radical (unpaired) electrons. The van der Waals surface area contributed by atoms with Crippen molar-refractivity contribution in [2.75, 3.05) is 19.8 Å². The van der Waals surface area contributed by atoms with Crippen molar-refractivity contribution in [2.24, 2.45) is 0 Å². The first-order valence-corrected chi connectivity index (χ1v) is 8.06. The number of hydrogen-bond donors (Lipinski definition) is 2. The van der Waals surface area contributed by atoms with Gasteiger partial charge in [-0.25, -0.2) is 9.59 Å². The third-order valence-corrected chi connectivity index (χ3v) is 3.10. The predicted octanol–water partition coefficient (Wildman–Crippen LogP) is 1.63. The quantitative estimate of drug-likeness (QED) is 0.655. The molecule has 2 N–H and O–H groups in total. The first kappa shape index (κ1) is 20.3. The van der Waals surface area contributed by atoms with Crippen LogP contribution in [0.2, 0.25) is 0 Å². The lowest BCUT2D eigenvalue weighted by Crippen LogP contribution is -2.44. The minimum atomic E-state index is -0.716. The Bertz CT molecular complexity index is 573. The molecule has 0 aliphatic heterocycles. The average Bonchev–Trinajstić information content (AvgIpc) is 2.59. The molecule has 3 amide bonds. The molecule has 0 heterocycles. The molecule has 0 saturated carbocycles. The van der Waals surface area contributed by atoms with E-state index in [0.717, 1.165) is 6.42 Å². The van der Waals surface area contributed by atoms with E-state index < -0.39 is 24.5 Å². The number of esters is 1. The zero-order valence-corrected chi connectivity index (χ0v) is 14.7. The largest absolute Gasteiger partial charge is 0.494 e. The number of hydrogen-bond acceptors (Lipinski definition) is 6. The van der Waals surface area contributed by atoms with E-state index in [1.165, 1.54) is 0 Å². The van der Waals surface area contributed by atoms with Crippen LogP contribution in [0.3, 0.4) is 0 Å². The Hall–Kier alpha value is -2.77. The van der Waals surface area contributed by atoms with Gasteiger partial charge in [0.2, 0.25) is 0 Å². The molecule has 8 heteroatoms. The lowest BCUT2D eigenvalue weighted by molar-refractivity contribution is -0.150. The fourth-order valence-electron chi connectivity index (χ4n) is 1.65. The summed E-state index contributed by atoms with van der Waals surface area (Å²) in [6, 6.07) is 6.06. The molecule has 0 aliphatic rings. The molecule has 8 nitrogen and oxygen atoms in total. The standard InChI is InChI=1S/C17H24N2O6/c1-4-12(3)18-17(22)19-15(20)10-25-16(21)11-24-14-8-6-13(7-9-14)23-5-2/h6-9,12H,4-5,10-11H2,1-3H3,(H2,18,19,20,22)/t12-/m1/s1. The van der Waals surface area contributed by atoms with Crippen LogP contribution in [0, 0.1) is 0 Å². The summed E-state index contributed by atoms with van der Waals surface area (Å²) in [6.45, 7) is 5.25. The normalized spacial score (nSPS) is 11.2. The van der Waals surface area contributed by atoms with Gasteiger partial charge in [-0.3, -0.25) is 10.1 Å². The van der Waals surface area contributed by atoms with E-state index in [-0.39, 0.29) is 12.6 Å². The number of nitrogens with one attached hydrogen (secondary N) is 2. The number of amides is 3. The minimum Gasteiger partial charge on any atom is -0.494 e. The van der Waals surface area contributed by atoms with Crippen LogP contribution in [0.1, 0.15) is 27.2 Å². The zero-order chi connectivity index (χ0) is 18.7. The maximum atomic E-state index is 11.5. The fraction of sp³-hybridized carbons (Fsp3) is 0.471. The third-order valence-electron chi connectivity index (χ3n) is 3.10. The van der Waals surface area contributed by atoms with Crippen LogP contribution in [-0.4, -0.2) is 43.8 Å². The van der Waals surface area contributed by atoms with E-state index in [9.17, 15) is 14.4 Å². The Morgan fingerprint density at radius 3 is 2.16 bits per heavy atom. The van der Waals surface area contributed by atoms with Crippen LogP contribution in [0.25, 0.3) is 0 Å². The molecule has 25 heavy (non-hydrogen) atoms. The van der Waals surface area contributed by atoms with Crippen molar-refractivity contribution in [1.29, 1.82) is 0 Å². The highest BCUT2D eigenvalue weighted by molar-refractivity contribution is 5.95. The van der Waals surface area contributed by atoms with Gasteiger partial charge in [0.05, 0.1) is 6.61 Å². The number of imide groups is 1. The average molecular weight is 352 g/mol. The highest BCUT2D eigenvalue weighted by atomic mass is 16.6. The van der Waals surface area contributed by atoms with Crippen molar-refractivity contribution in [3.63, 3.8) is 0 Å². The van der Waals surface area contributed by atoms with Crippen molar-refractivity contribution >= 4 is 17.9 Å². The molecule has 138 valence electrons. The highest BCUT2D eigenvalue weighted by Crippen LogP contribution is 2.17. The summed E-state index contributed by atoms with van der Waals surface area (Å²) in [7, 11) is 0. The van der Waals surface area contributed by atoms with Crippen LogP contribution in [0.15, 0.2) is 24.3 Å². The van der Waals surface area contributed by atoms with Crippen LogP contribution in [-0.2, 0) is 14.3 Å². The van der Waals surface area contributed by atoms with Gasteiger partial charge >= 0.3 is 12.0 Å². The molecule has 0 bridgehead atoms. The topological polar surface area (TPSA) is 103 Å². The summed E-state index contributed by atoms with van der Waals surface area (Å²) in [4.78, 5) is 34.5.